The lowest BCUT2D eigenvalue weighted by Crippen LogP contribution is -2.01. The van der Waals surface area contributed by atoms with Crippen molar-refractivity contribution >= 4 is 22.4 Å². The molecule has 4 rings (SSSR count). The minimum Gasteiger partial charge on any atom is -0.495 e. The average molecular weight is 363 g/mol. The van der Waals surface area contributed by atoms with E-state index in [-0.39, 0.29) is 5.82 Å². The first-order chi connectivity index (χ1) is 13.1. The third-order valence-corrected chi connectivity index (χ3v) is 4.10. The summed E-state index contributed by atoms with van der Waals surface area (Å²) >= 11 is 0. The summed E-state index contributed by atoms with van der Waals surface area (Å²) < 4.78 is 32.8. The van der Waals surface area contributed by atoms with Crippen molar-refractivity contribution in [2.75, 3.05) is 12.4 Å². The molecule has 0 aliphatic carbocycles. The Bertz CT molecular complexity index is 1130. The Morgan fingerprint density at radius 1 is 0.852 bits per heavy atom. The van der Waals surface area contributed by atoms with Crippen molar-refractivity contribution in [3.63, 3.8) is 0 Å². The number of halogens is 2. The van der Waals surface area contributed by atoms with E-state index in [4.69, 9.17) is 4.74 Å². The number of hydrogen-bond acceptors (Lipinski definition) is 4. The van der Waals surface area contributed by atoms with Gasteiger partial charge in [0.15, 0.2) is 5.82 Å². The van der Waals surface area contributed by atoms with Crippen LogP contribution in [0, 0.1) is 11.6 Å². The maximum atomic E-state index is 13.8. The molecule has 0 saturated carbocycles. The molecule has 1 heterocycles. The van der Waals surface area contributed by atoms with E-state index in [0.717, 1.165) is 0 Å². The Hall–Kier alpha value is -3.54. The first-order valence-electron chi connectivity index (χ1n) is 8.27. The lowest BCUT2D eigenvalue weighted by atomic mass is 10.1. The molecule has 0 fully saturated rings. The molecular formula is C21H15F2N3O. The topological polar surface area (TPSA) is 47.0 Å². The first kappa shape index (κ1) is 16.9. The summed E-state index contributed by atoms with van der Waals surface area (Å²) in [6, 6.07) is 17.6. The molecular weight excluding hydrogens is 348 g/mol. The summed E-state index contributed by atoms with van der Waals surface area (Å²) in [4.78, 5) is 8.97. The second-order valence-corrected chi connectivity index (χ2v) is 5.89. The summed E-state index contributed by atoms with van der Waals surface area (Å²) in [7, 11) is 1.57. The van der Waals surface area contributed by atoms with Gasteiger partial charge in [-0.25, -0.2) is 18.7 Å². The second kappa shape index (κ2) is 6.99. The van der Waals surface area contributed by atoms with Gasteiger partial charge in [-0.05, 0) is 42.5 Å². The summed E-state index contributed by atoms with van der Waals surface area (Å²) in [5.41, 5.74) is 1.75. The predicted molar refractivity (Wildman–Crippen MR) is 101 cm³/mol. The van der Waals surface area contributed by atoms with Gasteiger partial charge < -0.3 is 10.1 Å². The third-order valence-electron chi connectivity index (χ3n) is 4.10. The quantitative estimate of drug-likeness (QED) is 0.533. The molecule has 0 unspecified atom stereocenters. The number of ether oxygens (including phenoxy) is 1. The smallest absolute Gasteiger partial charge is 0.162 e. The van der Waals surface area contributed by atoms with Crippen LogP contribution in [0.1, 0.15) is 0 Å². The van der Waals surface area contributed by atoms with Gasteiger partial charge in [0, 0.05) is 10.9 Å². The number of nitrogens with zero attached hydrogens (tertiary/aromatic N) is 2. The maximum absolute atomic E-state index is 13.8. The van der Waals surface area contributed by atoms with Crippen molar-refractivity contribution < 1.29 is 13.5 Å². The van der Waals surface area contributed by atoms with Crippen LogP contribution in [0.15, 0.2) is 66.7 Å². The summed E-state index contributed by atoms with van der Waals surface area (Å²) in [6.07, 6.45) is 0. The fourth-order valence-corrected chi connectivity index (χ4v) is 2.83. The molecule has 0 spiro atoms. The normalized spacial score (nSPS) is 10.8. The van der Waals surface area contributed by atoms with E-state index in [2.05, 4.69) is 15.3 Å². The fraction of sp³-hybridized carbons (Fsp3) is 0.0476. The highest BCUT2D eigenvalue weighted by atomic mass is 19.1. The van der Waals surface area contributed by atoms with E-state index in [1.165, 1.54) is 24.3 Å². The van der Waals surface area contributed by atoms with Crippen LogP contribution in [0.2, 0.25) is 0 Å². The largest absolute Gasteiger partial charge is 0.495 e. The number of methoxy groups -OCH3 is 1. The molecule has 6 heteroatoms. The molecule has 1 N–H and O–H groups in total. The number of para-hydroxylation sites is 2. The van der Waals surface area contributed by atoms with Crippen molar-refractivity contribution in [1.82, 2.24) is 9.97 Å². The minimum atomic E-state index is -0.396. The van der Waals surface area contributed by atoms with Crippen molar-refractivity contribution in [3.8, 4) is 17.1 Å². The minimum absolute atomic E-state index is 0.339. The van der Waals surface area contributed by atoms with E-state index in [1.807, 2.05) is 18.2 Å². The Kier molecular flexibility index (Phi) is 4.38. The lowest BCUT2D eigenvalue weighted by Gasteiger charge is -2.13. The Morgan fingerprint density at radius 3 is 2.48 bits per heavy atom. The van der Waals surface area contributed by atoms with Crippen LogP contribution in [0.4, 0.5) is 20.3 Å². The predicted octanol–water partition coefficient (Wildman–Crippen LogP) is 5.33. The van der Waals surface area contributed by atoms with E-state index in [1.54, 1.807) is 31.4 Å². The molecule has 4 aromatic rings. The van der Waals surface area contributed by atoms with E-state index in [9.17, 15) is 8.78 Å². The standard InChI is InChI=1S/C21H15F2N3O/c1-27-19-8-3-2-7-18(19)25-21-16-12-15(23)9-10-17(16)24-20(26-21)13-5-4-6-14(22)11-13/h2-12H,1H3,(H,24,25,26). The van der Waals surface area contributed by atoms with Crippen molar-refractivity contribution in [2.45, 2.75) is 0 Å². The van der Waals surface area contributed by atoms with Gasteiger partial charge in [0.05, 0.1) is 18.3 Å². The van der Waals surface area contributed by atoms with E-state index >= 15 is 0 Å². The van der Waals surface area contributed by atoms with Gasteiger partial charge in [0.2, 0.25) is 0 Å². The molecule has 4 nitrogen and oxygen atoms in total. The van der Waals surface area contributed by atoms with Crippen LogP contribution < -0.4 is 10.1 Å². The van der Waals surface area contributed by atoms with Crippen molar-refractivity contribution in [3.05, 3.63) is 78.4 Å². The van der Waals surface area contributed by atoms with Crippen LogP contribution in [0.5, 0.6) is 5.75 Å². The average Bonchev–Trinajstić information content (AvgIpc) is 2.68. The van der Waals surface area contributed by atoms with Gasteiger partial charge in [-0.3, -0.25) is 0 Å². The molecule has 0 aliphatic heterocycles. The number of benzene rings is 3. The molecule has 0 amide bonds. The number of fused-ring (bicyclic) bond motifs is 1. The van der Waals surface area contributed by atoms with Crippen LogP contribution in [0.25, 0.3) is 22.3 Å². The van der Waals surface area contributed by atoms with Crippen LogP contribution in [-0.2, 0) is 0 Å². The number of anilines is 2. The van der Waals surface area contributed by atoms with Gasteiger partial charge in [-0.1, -0.05) is 24.3 Å². The molecule has 27 heavy (non-hydrogen) atoms. The van der Waals surface area contributed by atoms with Gasteiger partial charge in [-0.2, -0.15) is 0 Å². The van der Waals surface area contributed by atoms with Crippen LogP contribution in [-0.4, -0.2) is 17.1 Å². The summed E-state index contributed by atoms with van der Waals surface area (Å²) in [5, 5.41) is 3.70. The number of aromatic nitrogens is 2. The fourth-order valence-electron chi connectivity index (χ4n) is 2.83. The molecule has 0 bridgehead atoms. The van der Waals surface area contributed by atoms with E-state index < -0.39 is 5.82 Å². The summed E-state index contributed by atoms with van der Waals surface area (Å²) in [5.74, 6) is 0.587. The first-order valence-corrected chi connectivity index (χ1v) is 8.27. The van der Waals surface area contributed by atoms with Crippen molar-refractivity contribution in [1.29, 1.82) is 0 Å². The molecule has 3 aromatic carbocycles. The van der Waals surface area contributed by atoms with Gasteiger partial charge in [0.25, 0.3) is 0 Å². The highest BCUT2D eigenvalue weighted by Gasteiger charge is 2.13. The molecule has 0 atom stereocenters. The Morgan fingerprint density at radius 2 is 1.67 bits per heavy atom. The highest BCUT2D eigenvalue weighted by Crippen LogP contribution is 2.31. The monoisotopic (exact) mass is 363 g/mol. The van der Waals surface area contributed by atoms with Crippen LogP contribution >= 0.6 is 0 Å². The SMILES string of the molecule is COc1ccccc1Nc1nc(-c2cccc(F)c2)nc2ccc(F)cc12. The summed E-state index contributed by atoms with van der Waals surface area (Å²) in [6.45, 7) is 0. The van der Waals surface area contributed by atoms with E-state index in [0.29, 0.717) is 39.5 Å². The molecule has 134 valence electrons. The Labute approximate surface area is 154 Å². The molecule has 0 aliphatic rings. The third kappa shape index (κ3) is 3.42. The number of nitrogens with one attached hydrogen (secondary N) is 1. The van der Waals surface area contributed by atoms with Gasteiger partial charge in [-0.15, -0.1) is 0 Å². The van der Waals surface area contributed by atoms with Gasteiger partial charge in [0.1, 0.15) is 23.2 Å². The lowest BCUT2D eigenvalue weighted by molar-refractivity contribution is 0.417. The molecule has 1 aromatic heterocycles. The highest BCUT2D eigenvalue weighted by molar-refractivity contribution is 5.92. The van der Waals surface area contributed by atoms with Crippen LogP contribution in [0.3, 0.4) is 0 Å². The second-order valence-electron chi connectivity index (χ2n) is 5.89. The zero-order valence-electron chi connectivity index (χ0n) is 14.4. The van der Waals surface area contributed by atoms with Crippen molar-refractivity contribution in [2.24, 2.45) is 0 Å². The maximum Gasteiger partial charge on any atom is 0.162 e. The zero-order valence-corrected chi connectivity index (χ0v) is 14.4. The molecule has 0 radical (unpaired) electrons. The number of rotatable bonds is 4. The van der Waals surface area contributed by atoms with Gasteiger partial charge >= 0.3 is 0 Å². The molecule has 0 saturated heterocycles. The zero-order chi connectivity index (χ0) is 18.8. The Balaban J connectivity index is 1.90. The number of hydrogen-bond donors (Lipinski definition) is 1.